The van der Waals surface area contributed by atoms with Crippen LogP contribution in [-0.2, 0) is 22.8 Å². The monoisotopic (exact) mass is 519 g/mol. The maximum Gasteiger partial charge on any atom is 0.191 e. The van der Waals surface area contributed by atoms with Gasteiger partial charge in [-0.25, -0.2) is 8.42 Å². The molecule has 2 aromatic carbocycles. The first kappa shape index (κ1) is 23.8. The fourth-order valence-electron chi connectivity index (χ4n) is 2.38. The van der Waals surface area contributed by atoms with Crippen molar-refractivity contribution in [3.8, 4) is 0 Å². The number of hydrogen-bond acceptors (Lipinski definition) is 4. The summed E-state index contributed by atoms with van der Waals surface area (Å²) in [5, 5.41) is 6.56. The number of sulfone groups is 1. The molecule has 5 nitrogen and oxygen atoms in total. The molecular weight excluding hydrogens is 493 g/mol. The summed E-state index contributed by atoms with van der Waals surface area (Å²) in [6.45, 7) is 1.42. The Morgan fingerprint density at radius 2 is 1.59 bits per heavy atom. The second-order valence-corrected chi connectivity index (χ2v) is 8.76. The highest BCUT2D eigenvalue weighted by molar-refractivity contribution is 14.0. The van der Waals surface area contributed by atoms with Crippen LogP contribution in [0, 0.1) is 0 Å². The van der Waals surface area contributed by atoms with E-state index in [-0.39, 0.29) is 24.0 Å². The highest BCUT2D eigenvalue weighted by atomic mass is 127. The summed E-state index contributed by atoms with van der Waals surface area (Å²) in [5.74, 6) is 0.742. The zero-order chi connectivity index (χ0) is 19.0. The van der Waals surface area contributed by atoms with Crippen molar-refractivity contribution in [1.29, 1.82) is 0 Å². The summed E-state index contributed by atoms with van der Waals surface area (Å²) in [4.78, 5) is 5.82. The first-order chi connectivity index (χ1) is 12.4. The Hall–Kier alpha value is -1.26. The van der Waals surface area contributed by atoms with Crippen LogP contribution in [0.2, 0.25) is 0 Å². The molecule has 0 aromatic heterocycles. The van der Waals surface area contributed by atoms with Gasteiger partial charge in [0.1, 0.15) is 0 Å². The van der Waals surface area contributed by atoms with E-state index >= 15 is 0 Å². The van der Waals surface area contributed by atoms with Crippen LogP contribution in [-0.4, -0.2) is 40.5 Å². The molecule has 0 amide bonds. The van der Waals surface area contributed by atoms with Crippen LogP contribution in [0.15, 0.2) is 63.3 Å². The molecule has 2 rings (SSSR count). The summed E-state index contributed by atoms with van der Waals surface area (Å²) >= 11 is 1.73. The Balaban J connectivity index is 0.00000364. The largest absolute Gasteiger partial charge is 0.356 e. The molecule has 0 atom stereocenters. The third kappa shape index (κ3) is 8.10. The number of halogens is 1. The molecule has 0 radical (unpaired) electrons. The van der Waals surface area contributed by atoms with Gasteiger partial charge in [0, 0.05) is 31.3 Å². The van der Waals surface area contributed by atoms with Crippen molar-refractivity contribution in [2.75, 3.05) is 26.1 Å². The van der Waals surface area contributed by atoms with E-state index in [1.807, 2.05) is 12.1 Å². The van der Waals surface area contributed by atoms with Gasteiger partial charge in [0.2, 0.25) is 0 Å². The van der Waals surface area contributed by atoms with Crippen LogP contribution in [0.3, 0.4) is 0 Å². The van der Waals surface area contributed by atoms with E-state index in [1.165, 1.54) is 16.7 Å². The SMILES string of the molecule is CN=C(NCCc1ccc(S(C)(=O)=O)cc1)NCc1ccc(SC)cc1.I. The van der Waals surface area contributed by atoms with Crippen LogP contribution in [0.25, 0.3) is 0 Å². The average molecular weight is 519 g/mol. The molecule has 0 saturated carbocycles. The molecule has 2 aromatic rings. The Morgan fingerprint density at radius 3 is 2.11 bits per heavy atom. The van der Waals surface area contributed by atoms with Crippen molar-refractivity contribution >= 4 is 51.5 Å². The highest BCUT2D eigenvalue weighted by Gasteiger charge is 2.06. The van der Waals surface area contributed by atoms with Crippen molar-refractivity contribution in [1.82, 2.24) is 10.6 Å². The van der Waals surface area contributed by atoms with Gasteiger partial charge in [-0.3, -0.25) is 4.99 Å². The van der Waals surface area contributed by atoms with Crippen LogP contribution in [0.4, 0.5) is 0 Å². The zero-order valence-electron chi connectivity index (χ0n) is 15.7. The molecule has 0 aliphatic heterocycles. The van der Waals surface area contributed by atoms with Gasteiger partial charge in [-0.1, -0.05) is 24.3 Å². The minimum absolute atomic E-state index is 0. The Morgan fingerprint density at radius 1 is 1.00 bits per heavy atom. The number of benzene rings is 2. The topological polar surface area (TPSA) is 70.6 Å². The van der Waals surface area contributed by atoms with E-state index in [2.05, 4.69) is 46.1 Å². The molecule has 148 valence electrons. The number of nitrogens with zero attached hydrogens (tertiary/aromatic N) is 1. The first-order valence-electron chi connectivity index (χ1n) is 8.29. The lowest BCUT2D eigenvalue weighted by Crippen LogP contribution is -2.37. The van der Waals surface area contributed by atoms with Gasteiger partial charge < -0.3 is 10.6 Å². The van der Waals surface area contributed by atoms with Gasteiger partial charge in [-0.05, 0) is 48.1 Å². The normalized spacial score (nSPS) is 11.6. The molecule has 0 bridgehead atoms. The molecule has 2 N–H and O–H groups in total. The number of hydrogen-bond donors (Lipinski definition) is 2. The number of thioether (sulfide) groups is 1. The summed E-state index contributed by atoms with van der Waals surface area (Å²) in [7, 11) is -1.40. The Labute approximate surface area is 183 Å². The summed E-state index contributed by atoms with van der Waals surface area (Å²) in [6.07, 6.45) is 4.06. The van der Waals surface area contributed by atoms with E-state index in [0.29, 0.717) is 18.0 Å². The second-order valence-electron chi connectivity index (χ2n) is 5.87. The van der Waals surface area contributed by atoms with Crippen LogP contribution in [0.5, 0.6) is 0 Å². The molecule has 0 heterocycles. The van der Waals surface area contributed by atoms with E-state index < -0.39 is 9.84 Å². The quantitative estimate of drug-likeness (QED) is 0.254. The minimum atomic E-state index is -3.14. The van der Waals surface area contributed by atoms with E-state index in [1.54, 1.807) is 30.9 Å². The average Bonchev–Trinajstić information content (AvgIpc) is 2.64. The first-order valence-corrected chi connectivity index (χ1v) is 11.4. The van der Waals surface area contributed by atoms with Gasteiger partial charge in [0.05, 0.1) is 4.90 Å². The third-order valence-corrected chi connectivity index (χ3v) is 5.77. The van der Waals surface area contributed by atoms with Crippen molar-refractivity contribution < 1.29 is 8.42 Å². The molecule has 27 heavy (non-hydrogen) atoms. The molecule has 0 saturated heterocycles. The lowest BCUT2D eigenvalue weighted by atomic mass is 10.1. The lowest BCUT2D eigenvalue weighted by Gasteiger charge is -2.12. The smallest absolute Gasteiger partial charge is 0.191 e. The summed E-state index contributed by atoms with van der Waals surface area (Å²) in [6, 6.07) is 15.4. The van der Waals surface area contributed by atoms with Gasteiger partial charge in [-0.15, -0.1) is 35.7 Å². The van der Waals surface area contributed by atoms with Crippen molar-refractivity contribution in [3.63, 3.8) is 0 Å². The maximum atomic E-state index is 11.5. The number of rotatable bonds is 7. The van der Waals surface area contributed by atoms with E-state index in [0.717, 1.165) is 17.9 Å². The molecular formula is C19H26IN3O2S2. The third-order valence-electron chi connectivity index (χ3n) is 3.90. The van der Waals surface area contributed by atoms with Crippen molar-refractivity contribution in [2.24, 2.45) is 4.99 Å². The fraction of sp³-hybridized carbons (Fsp3) is 0.316. The van der Waals surface area contributed by atoms with Gasteiger partial charge >= 0.3 is 0 Å². The Bertz CT molecular complexity index is 836. The van der Waals surface area contributed by atoms with E-state index in [9.17, 15) is 8.42 Å². The van der Waals surface area contributed by atoms with Crippen LogP contribution in [0.1, 0.15) is 11.1 Å². The predicted octanol–water partition coefficient (Wildman–Crippen LogP) is 3.34. The minimum Gasteiger partial charge on any atom is -0.356 e. The molecule has 8 heteroatoms. The van der Waals surface area contributed by atoms with Gasteiger partial charge in [0.25, 0.3) is 0 Å². The Kier molecular flexibility index (Phi) is 10.2. The van der Waals surface area contributed by atoms with E-state index in [4.69, 9.17) is 0 Å². The molecule has 0 aliphatic carbocycles. The predicted molar refractivity (Wildman–Crippen MR) is 125 cm³/mol. The number of nitrogens with one attached hydrogen (secondary N) is 2. The van der Waals surface area contributed by atoms with Crippen molar-refractivity contribution in [3.05, 3.63) is 59.7 Å². The molecule has 0 fully saturated rings. The van der Waals surface area contributed by atoms with Gasteiger partial charge in [0.15, 0.2) is 15.8 Å². The summed E-state index contributed by atoms with van der Waals surface area (Å²) in [5.41, 5.74) is 2.27. The van der Waals surface area contributed by atoms with Crippen molar-refractivity contribution in [2.45, 2.75) is 22.8 Å². The van der Waals surface area contributed by atoms with Gasteiger partial charge in [-0.2, -0.15) is 0 Å². The standard InChI is InChI=1S/C19H25N3O2S2.HI/c1-20-19(22-14-16-4-8-17(25-2)9-5-16)21-13-12-15-6-10-18(11-7-15)26(3,23)24;/h4-11H,12-14H2,1-3H3,(H2,20,21,22);1H. The zero-order valence-corrected chi connectivity index (χ0v) is 19.7. The number of aliphatic imine (C=N–C) groups is 1. The van der Waals surface area contributed by atoms with Crippen LogP contribution >= 0.6 is 35.7 Å². The summed E-state index contributed by atoms with van der Waals surface area (Å²) < 4.78 is 22.9. The van der Waals surface area contributed by atoms with Crippen LogP contribution < -0.4 is 10.6 Å². The second kappa shape index (κ2) is 11.6. The fourth-order valence-corrected chi connectivity index (χ4v) is 3.42. The number of guanidine groups is 1. The molecule has 0 spiro atoms. The lowest BCUT2D eigenvalue weighted by molar-refractivity contribution is 0.602. The highest BCUT2D eigenvalue weighted by Crippen LogP contribution is 2.14. The molecule has 0 aliphatic rings. The molecule has 0 unspecified atom stereocenters. The maximum absolute atomic E-state index is 11.5.